The van der Waals surface area contributed by atoms with E-state index in [1.807, 2.05) is 23.7 Å². The van der Waals surface area contributed by atoms with E-state index in [2.05, 4.69) is 38.6 Å². The molecule has 7 heteroatoms. The van der Waals surface area contributed by atoms with Gasteiger partial charge in [0, 0.05) is 50.5 Å². The molecule has 0 spiro atoms. The number of amides is 1. The molecule has 0 aliphatic carbocycles. The number of hydrogen-bond donors (Lipinski definition) is 1. The third kappa shape index (κ3) is 4.24. The summed E-state index contributed by atoms with van der Waals surface area (Å²) in [5, 5.41) is 5.95. The van der Waals surface area contributed by atoms with Crippen LogP contribution >= 0.6 is 11.3 Å². The van der Waals surface area contributed by atoms with Crippen LogP contribution in [-0.2, 0) is 0 Å². The van der Waals surface area contributed by atoms with Gasteiger partial charge in [-0.25, -0.2) is 9.97 Å². The molecular weight excluding hydrogens is 334 g/mol. The van der Waals surface area contributed by atoms with E-state index in [1.54, 1.807) is 23.6 Å². The van der Waals surface area contributed by atoms with E-state index in [9.17, 15) is 4.79 Å². The predicted molar refractivity (Wildman–Crippen MR) is 101 cm³/mol. The van der Waals surface area contributed by atoms with E-state index in [-0.39, 0.29) is 5.91 Å². The summed E-state index contributed by atoms with van der Waals surface area (Å²) in [7, 11) is 0. The van der Waals surface area contributed by atoms with Crippen molar-refractivity contribution < 1.29 is 4.79 Å². The van der Waals surface area contributed by atoms with E-state index in [0.29, 0.717) is 18.2 Å². The second kappa shape index (κ2) is 8.22. The van der Waals surface area contributed by atoms with Crippen LogP contribution in [-0.4, -0.2) is 53.5 Å². The van der Waals surface area contributed by atoms with E-state index >= 15 is 0 Å². The number of carbonyl (C=O) groups excluding carboxylic acids is 1. The Morgan fingerprint density at radius 3 is 2.76 bits per heavy atom. The number of nitrogens with one attached hydrogen (secondary N) is 1. The number of aromatic nitrogens is 2. The Kier molecular flexibility index (Phi) is 5.78. The second-order valence-corrected chi connectivity index (χ2v) is 6.90. The molecule has 2 aromatic rings. The summed E-state index contributed by atoms with van der Waals surface area (Å²) >= 11 is 1.71. The molecule has 0 radical (unpaired) electrons. The maximum atomic E-state index is 11.9. The molecule has 0 bridgehead atoms. The van der Waals surface area contributed by atoms with Gasteiger partial charge in [-0.3, -0.25) is 9.69 Å². The van der Waals surface area contributed by atoms with Crippen LogP contribution in [0.4, 0.5) is 5.82 Å². The molecule has 1 amide bonds. The Balaban J connectivity index is 1.56. The highest BCUT2D eigenvalue weighted by molar-refractivity contribution is 7.09. The average molecular weight is 357 g/mol. The molecule has 25 heavy (non-hydrogen) atoms. The third-order valence-electron chi connectivity index (χ3n) is 4.41. The normalized spacial score (nSPS) is 16.4. The number of pyridine rings is 1. The molecule has 0 aromatic carbocycles. The highest BCUT2D eigenvalue weighted by Crippen LogP contribution is 2.24. The summed E-state index contributed by atoms with van der Waals surface area (Å²) in [4.78, 5) is 25.5. The summed E-state index contributed by atoms with van der Waals surface area (Å²) in [5.74, 6) is 0.794. The quantitative estimate of drug-likeness (QED) is 0.804. The zero-order chi connectivity index (χ0) is 17.6. The first kappa shape index (κ1) is 17.6. The van der Waals surface area contributed by atoms with Crippen LogP contribution in [0.5, 0.6) is 0 Å². The second-order valence-electron chi connectivity index (χ2n) is 5.97. The lowest BCUT2D eigenvalue weighted by Gasteiger charge is -2.38. The van der Waals surface area contributed by atoms with Gasteiger partial charge in [0.15, 0.2) is 0 Å². The Morgan fingerprint density at radius 1 is 1.36 bits per heavy atom. The summed E-state index contributed by atoms with van der Waals surface area (Å²) in [6, 6.07) is 4.10. The number of rotatable bonds is 6. The van der Waals surface area contributed by atoms with E-state index < -0.39 is 0 Å². The molecule has 1 saturated heterocycles. The topological polar surface area (TPSA) is 61.4 Å². The molecule has 0 saturated carbocycles. The van der Waals surface area contributed by atoms with Crippen molar-refractivity contribution in [2.45, 2.75) is 13.0 Å². The fourth-order valence-electron chi connectivity index (χ4n) is 2.91. The van der Waals surface area contributed by atoms with Gasteiger partial charge in [-0.15, -0.1) is 17.9 Å². The minimum Gasteiger partial charge on any atom is -0.354 e. The van der Waals surface area contributed by atoms with Crippen LogP contribution in [0.1, 0.15) is 28.3 Å². The van der Waals surface area contributed by atoms with Gasteiger partial charge in [0.1, 0.15) is 10.8 Å². The highest BCUT2D eigenvalue weighted by atomic mass is 32.1. The van der Waals surface area contributed by atoms with Gasteiger partial charge in [-0.1, -0.05) is 6.08 Å². The predicted octanol–water partition coefficient (Wildman–Crippen LogP) is 2.34. The molecule has 3 rings (SSSR count). The van der Waals surface area contributed by atoms with Gasteiger partial charge in [-0.2, -0.15) is 0 Å². The number of piperazine rings is 1. The van der Waals surface area contributed by atoms with Crippen molar-refractivity contribution in [1.29, 1.82) is 0 Å². The first-order valence-corrected chi connectivity index (χ1v) is 9.30. The SMILES string of the molecule is C=CCNC(=O)c1ccc(N2CCN(C(C)c3nccs3)CC2)nc1. The molecule has 6 nitrogen and oxygen atoms in total. The van der Waals surface area contributed by atoms with Crippen molar-refractivity contribution in [2.75, 3.05) is 37.6 Å². The summed E-state index contributed by atoms with van der Waals surface area (Å²) < 4.78 is 0. The van der Waals surface area contributed by atoms with E-state index in [1.165, 1.54) is 5.01 Å². The van der Waals surface area contributed by atoms with Gasteiger partial charge >= 0.3 is 0 Å². The maximum Gasteiger partial charge on any atom is 0.253 e. The Hall–Kier alpha value is -2.25. The first-order valence-electron chi connectivity index (χ1n) is 8.42. The van der Waals surface area contributed by atoms with Crippen LogP contribution < -0.4 is 10.2 Å². The summed E-state index contributed by atoms with van der Waals surface area (Å²) in [6.45, 7) is 10.1. The zero-order valence-corrected chi connectivity index (χ0v) is 15.2. The molecule has 1 fully saturated rings. The smallest absolute Gasteiger partial charge is 0.253 e. The van der Waals surface area contributed by atoms with Crippen molar-refractivity contribution in [2.24, 2.45) is 0 Å². The number of thiazole rings is 1. The van der Waals surface area contributed by atoms with Gasteiger partial charge in [0.25, 0.3) is 5.91 Å². The molecule has 1 unspecified atom stereocenters. The fourth-order valence-corrected chi connectivity index (χ4v) is 3.64. The lowest BCUT2D eigenvalue weighted by molar-refractivity contribution is 0.0957. The number of carbonyl (C=O) groups is 1. The van der Waals surface area contributed by atoms with Crippen LogP contribution in [0.25, 0.3) is 0 Å². The highest BCUT2D eigenvalue weighted by Gasteiger charge is 2.24. The number of anilines is 1. The van der Waals surface area contributed by atoms with E-state index in [4.69, 9.17) is 0 Å². The Labute approximate surface area is 152 Å². The van der Waals surface area contributed by atoms with Crippen LogP contribution in [0.15, 0.2) is 42.6 Å². The van der Waals surface area contributed by atoms with Crippen LogP contribution in [0, 0.1) is 0 Å². The van der Waals surface area contributed by atoms with Crippen LogP contribution in [0.2, 0.25) is 0 Å². The Morgan fingerprint density at radius 2 is 2.16 bits per heavy atom. The number of hydrogen-bond acceptors (Lipinski definition) is 6. The molecule has 2 aromatic heterocycles. The molecule has 3 heterocycles. The molecule has 132 valence electrons. The fraction of sp³-hybridized carbons (Fsp3) is 0.389. The monoisotopic (exact) mass is 357 g/mol. The number of nitrogens with zero attached hydrogens (tertiary/aromatic N) is 4. The molecule has 1 aliphatic heterocycles. The lowest BCUT2D eigenvalue weighted by atomic mass is 10.2. The van der Waals surface area contributed by atoms with Crippen molar-refractivity contribution in [3.8, 4) is 0 Å². The largest absolute Gasteiger partial charge is 0.354 e. The zero-order valence-electron chi connectivity index (χ0n) is 14.4. The van der Waals surface area contributed by atoms with Crippen molar-refractivity contribution in [1.82, 2.24) is 20.2 Å². The van der Waals surface area contributed by atoms with Gasteiger partial charge < -0.3 is 10.2 Å². The van der Waals surface area contributed by atoms with Crippen LogP contribution in [0.3, 0.4) is 0 Å². The first-order chi connectivity index (χ1) is 12.2. The summed E-state index contributed by atoms with van der Waals surface area (Å²) in [6.07, 6.45) is 5.16. The van der Waals surface area contributed by atoms with Gasteiger partial charge in [0.05, 0.1) is 11.6 Å². The van der Waals surface area contributed by atoms with Crippen molar-refractivity contribution in [3.63, 3.8) is 0 Å². The maximum absolute atomic E-state index is 11.9. The molecule has 1 N–H and O–H groups in total. The van der Waals surface area contributed by atoms with Gasteiger partial charge in [0.2, 0.25) is 0 Å². The minimum absolute atomic E-state index is 0.124. The minimum atomic E-state index is -0.124. The Bertz CT molecular complexity index is 693. The third-order valence-corrected chi connectivity index (χ3v) is 5.36. The lowest BCUT2D eigenvalue weighted by Crippen LogP contribution is -2.47. The standard InChI is InChI=1S/C18H23N5OS/c1-3-6-19-17(24)15-4-5-16(21-13-15)23-10-8-22(9-11-23)14(2)18-20-7-12-25-18/h3-5,7,12-14H,1,6,8-11H2,2H3,(H,19,24). The van der Waals surface area contributed by atoms with Crippen molar-refractivity contribution in [3.05, 3.63) is 53.1 Å². The molecular formula is C18H23N5OS. The molecule has 1 atom stereocenters. The van der Waals surface area contributed by atoms with Gasteiger partial charge in [-0.05, 0) is 19.1 Å². The summed E-state index contributed by atoms with van der Waals surface area (Å²) in [5.41, 5.74) is 0.571. The van der Waals surface area contributed by atoms with Crippen molar-refractivity contribution >= 4 is 23.1 Å². The molecule has 1 aliphatic rings. The van der Waals surface area contributed by atoms with E-state index in [0.717, 1.165) is 32.0 Å². The average Bonchev–Trinajstić information content (AvgIpc) is 3.20.